The number of para-hydroxylation sites is 1. The molecule has 0 aliphatic rings. The molecule has 3 aromatic rings. The first-order chi connectivity index (χ1) is 12.1. The van der Waals surface area contributed by atoms with Crippen LogP contribution >= 0.6 is 0 Å². The summed E-state index contributed by atoms with van der Waals surface area (Å²) in [6.07, 6.45) is 3.51. The van der Waals surface area contributed by atoms with E-state index in [0.29, 0.717) is 0 Å². The minimum Gasteiger partial charge on any atom is -0.496 e. The van der Waals surface area contributed by atoms with Gasteiger partial charge >= 0.3 is 0 Å². The third kappa shape index (κ3) is 3.38. The van der Waals surface area contributed by atoms with E-state index in [9.17, 15) is 9.18 Å². The highest BCUT2D eigenvalue weighted by Gasteiger charge is 2.21. The lowest BCUT2D eigenvalue weighted by Crippen LogP contribution is -2.28. The number of amides is 1. The molecule has 1 unspecified atom stereocenters. The standard InChI is InChI=1S/C19H18FN3O2/c1-13(14-7-3-4-9-16(14)23-12-6-11-21-23)22-19(24)18-15(20)8-5-10-17(18)25-2/h3-13H,1-2H3,(H,22,24). The lowest BCUT2D eigenvalue weighted by atomic mass is 10.0. The Morgan fingerprint density at radius 1 is 1.20 bits per heavy atom. The maximum absolute atomic E-state index is 14.1. The second kappa shape index (κ2) is 7.17. The summed E-state index contributed by atoms with van der Waals surface area (Å²) in [5.74, 6) is -0.952. The predicted octanol–water partition coefficient (Wildman–Crippen LogP) is 3.51. The van der Waals surface area contributed by atoms with E-state index in [1.807, 2.05) is 43.5 Å². The molecule has 3 rings (SSSR count). The summed E-state index contributed by atoms with van der Waals surface area (Å²) >= 11 is 0. The second-order valence-electron chi connectivity index (χ2n) is 5.52. The predicted molar refractivity (Wildman–Crippen MR) is 92.4 cm³/mol. The van der Waals surface area contributed by atoms with Gasteiger partial charge in [-0.1, -0.05) is 24.3 Å². The van der Waals surface area contributed by atoms with Gasteiger partial charge in [0.2, 0.25) is 0 Å². The van der Waals surface area contributed by atoms with Crippen molar-refractivity contribution >= 4 is 5.91 Å². The molecular weight excluding hydrogens is 321 g/mol. The van der Waals surface area contributed by atoms with Crippen LogP contribution in [0.1, 0.15) is 28.9 Å². The number of hydrogen-bond acceptors (Lipinski definition) is 3. The highest BCUT2D eigenvalue weighted by atomic mass is 19.1. The highest BCUT2D eigenvalue weighted by molar-refractivity contribution is 5.97. The SMILES string of the molecule is COc1cccc(F)c1C(=O)NC(C)c1ccccc1-n1cccn1. The number of benzene rings is 2. The van der Waals surface area contributed by atoms with Gasteiger partial charge < -0.3 is 10.1 Å². The number of rotatable bonds is 5. The summed E-state index contributed by atoms with van der Waals surface area (Å²) in [6, 6.07) is 13.4. The van der Waals surface area contributed by atoms with Crippen molar-refractivity contribution in [3.8, 4) is 11.4 Å². The fourth-order valence-electron chi connectivity index (χ4n) is 2.72. The Morgan fingerprint density at radius 2 is 2.00 bits per heavy atom. The van der Waals surface area contributed by atoms with Gasteiger partial charge in [-0.25, -0.2) is 9.07 Å². The Bertz CT molecular complexity index is 878. The van der Waals surface area contributed by atoms with Gasteiger partial charge in [-0.05, 0) is 36.8 Å². The summed E-state index contributed by atoms with van der Waals surface area (Å²) in [7, 11) is 1.40. The zero-order valence-electron chi connectivity index (χ0n) is 13.9. The first-order valence-electron chi connectivity index (χ1n) is 7.84. The summed E-state index contributed by atoms with van der Waals surface area (Å²) in [5, 5.41) is 7.06. The molecule has 1 amide bonds. The molecule has 6 heteroatoms. The topological polar surface area (TPSA) is 56.1 Å². The summed E-state index contributed by atoms with van der Waals surface area (Å²) in [6.45, 7) is 1.84. The monoisotopic (exact) mass is 339 g/mol. The molecule has 1 atom stereocenters. The lowest BCUT2D eigenvalue weighted by Gasteiger charge is -2.19. The van der Waals surface area contributed by atoms with Crippen LogP contribution in [0.2, 0.25) is 0 Å². The molecule has 0 aliphatic carbocycles. The number of methoxy groups -OCH3 is 1. The number of carbonyl (C=O) groups is 1. The van der Waals surface area contributed by atoms with E-state index in [2.05, 4.69) is 10.4 Å². The minimum absolute atomic E-state index is 0.103. The lowest BCUT2D eigenvalue weighted by molar-refractivity contribution is 0.0932. The normalized spacial score (nSPS) is 11.8. The van der Waals surface area contributed by atoms with Gasteiger partial charge in [-0.2, -0.15) is 5.10 Å². The summed E-state index contributed by atoms with van der Waals surface area (Å²) in [4.78, 5) is 12.6. The van der Waals surface area contributed by atoms with Crippen LogP contribution in [-0.4, -0.2) is 22.8 Å². The Morgan fingerprint density at radius 3 is 2.72 bits per heavy atom. The molecule has 0 fully saturated rings. The van der Waals surface area contributed by atoms with Gasteiger partial charge in [-0.15, -0.1) is 0 Å². The van der Waals surface area contributed by atoms with Crippen LogP contribution in [0.4, 0.5) is 4.39 Å². The van der Waals surface area contributed by atoms with Crippen LogP contribution in [0.3, 0.4) is 0 Å². The number of nitrogens with zero attached hydrogens (tertiary/aromatic N) is 2. The fraction of sp³-hybridized carbons (Fsp3) is 0.158. The third-order valence-electron chi connectivity index (χ3n) is 3.92. The molecule has 0 bridgehead atoms. The Hall–Kier alpha value is -3.15. The van der Waals surface area contributed by atoms with E-state index in [4.69, 9.17) is 4.74 Å². The molecular formula is C19H18FN3O2. The smallest absolute Gasteiger partial charge is 0.258 e. The number of ether oxygens (including phenoxy) is 1. The van der Waals surface area contributed by atoms with Crippen molar-refractivity contribution in [2.75, 3.05) is 7.11 Å². The zero-order valence-corrected chi connectivity index (χ0v) is 13.9. The third-order valence-corrected chi connectivity index (χ3v) is 3.92. The largest absolute Gasteiger partial charge is 0.496 e. The van der Waals surface area contributed by atoms with Gasteiger partial charge in [-0.3, -0.25) is 4.79 Å². The maximum atomic E-state index is 14.1. The van der Waals surface area contributed by atoms with Gasteiger partial charge in [0.15, 0.2) is 0 Å². The molecule has 0 spiro atoms. The van der Waals surface area contributed by atoms with Gasteiger partial charge in [0, 0.05) is 12.4 Å². The van der Waals surface area contributed by atoms with E-state index >= 15 is 0 Å². The van der Waals surface area contributed by atoms with Crippen molar-refractivity contribution in [1.82, 2.24) is 15.1 Å². The maximum Gasteiger partial charge on any atom is 0.258 e. The highest BCUT2D eigenvalue weighted by Crippen LogP contribution is 2.24. The zero-order chi connectivity index (χ0) is 17.8. The van der Waals surface area contributed by atoms with Crippen molar-refractivity contribution in [2.24, 2.45) is 0 Å². The molecule has 1 aromatic heterocycles. The number of hydrogen-bond donors (Lipinski definition) is 1. The molecule has 0 aliphatic heterocycles. The van der Waals surface area contributed by atoms with Crippen molar-refractivity contribution in [3.05, 3.63) is 77.9 Å². The van der Waals surface area contributed by atoms with Gasteiger partial charge in [0.05, 0.1) is 18.8 Å². The van der Waals surface area contributed by atoms with E-state index in [1.165, 1.54) is 19.2 Å². The number of halogens is 1. The van der Waals surface area contributed by atoms with E-state index < -0.39 is 11.7 Å². The molecule has 2 aromatic carbocycles. The summed E-state index contributed by atoms with van der Waals surface area (Å²) < 4.78 is 20.9. The molecule has 5 nitrogen and oxygen atoms in total. The van der Waals surface area contributed by atoms with Crippen LogP contribution in [-0.2, 0) is 0 Å². The number of nitrogens with one attached hydrogen (secondary N) is 1. The number of carbonyl (C=O) groups excluding carboxylic acids is 1. The van der Waals surface area contributed by atoms with Crippen LogP contribution in [0, 0.1) is 5.82 Å². The van der Waals surface area contributed by atoms with E-state index in [1.54, 1.807) is 16.9 Å². The number of aromatic nitrogens is 2. The Labute approximate surface area is 145 Å². The second-order valence-corrected chi connectivity index (χ2v) is 5.52. The van der Waals surface area contributed by atoms with Crippen LogP contribution < -0.4 is 10.1 Å². The van der Waals surface area contributed by atoms with Crippen LogP contribution in [0.15, 0.2) is 60.9 Å². The first kappa shape index (κ1) is 16.7. The Kier molecular flexibility index (Phi) is 4.79. The molecule has 25 heavy (non-hydrogen) atoms. The average Bonchev–Trinajstić information content (AvgIpc) is 3.15. The molecule has 0 saturated heterocycles. The van der Waals surface area contributed by atoms with Crippen molar-refractivity contribution in [3.63, 3.8) is 0 Å². The van der Waals surface area contributed by atoms with Gasteiger partial charge in [0.1, 0.15) is 17.1 Å². The summed E-state index contributed by atoms with van der Waals surface area (Å²) in [5.41, 5.74) is 1.61. The van der Waals surface area contributed by atoms with Gasteiger partial charge in [0.25, 0.3) is 5.91 Å². The quantitative estimate of drug-likeness (QED) is 0.774. The fourth-order valence-corrected chi connectivity index (χ4v) is 2.72. The van der Waals surface area contributed by atoms with Crippen LogP contribution in [0.25, 0.3) is 5.69 Å². The van der Waals surface area contributed by atoms with E-state index in [0.717, 1.165) is 11.3 Å². The molecule has 1 N–H and O–H groups in total. The molecule has 128 valence electrons. The first-order valence-corrected chi connectivity index (χ1v) is 7.84. The van der Waals surface area contributed by atoms with Crippen molar-refractivity contribution in [1.29, 1.82) is 0 Å². The van der Waals surface area contributed by atoms with Crippen molar-refractivity contribution < 1.29 is 13.9 Å². The molecule has 0 saturated carbocycles. The molecule has 1 heterocycles. The minimum atomic E-state index is -0.621. The average molecular weight is 339 g/mol. The van der Waals surface area contributed by atoms with Crippen molar-refractivity contribution in [2.45, 2.75) is 13.0 Å². The Balaban J connectivity index is 1.89. The van der Waals surface area contributed by atoms with E-state index in [-0.39, 0.29) is 17.4 Å². The molecule has 0 radical (unpaired) electrons. The van der Waals surface area contributed by atoms with Crippen LogP contribution in [0.5, 0.6) is 5.75 Å².